The van der Waals surface area contributed by atoms with Gasteiger partial charge in [0.2, 0.25) is 5.91 Å². The van der Waals surface area contributed by atoms with Crippen molar-refractivity contribution in [3.05, 3.63) is 51.1 Å². The molecule has 2 aliphatic rings. The fraction of sp³-hybridized carbons (Fsp3) is 0.462. The number of amides is 3. The molecule has 1 fully saturated rings. The van der Waals surface area contributed by atoms with Crippen LogP contribution in [0.2, 0.25) is 0 Å². The third-order valence-electron chi connectivity index (χ3n) is 7.00. The van der Waals surface area contributed by atoms with Gasteiger partial charge in [-0.1, -0.05) is 11.6 Å². The summed E-state index contributed by atoms with van der Waals surface area (Å²) in [5.41, 5.74) is 3.44. The van der Waals surface area contributed by atoms with Crippen LogP contribution in [0.5, 0.6) is 0 Å². The molecule has 0 unspecified atom stereocenters. The highest BCUT2D eigenvalue weighted by Gasteiger charge is 2.35. The van der Waals surface area contributed by atoms with Gasteiger partial charge < -0.3 is 30.2 Å². The van der Waals surface area contributed by atoms with Gasteiger partial charge in [-0.05, 0) is 38.6 Å². The first-order valence-electron chi connectivity index (χ1n) is 12.5. The normalized spacial score (nSPS) is 20.0. The number of carbonyl (C=O) groups excluding carboxylic acids is 3. The maximum absolute atomic E-state index is 13.2. The van der Waals surface area contributed by atoms with E-state index in [0.717, 1.165) is 46.5 Å². The minimum atomic E-state index is -0.471. The lowest BCUT2D eigenvalue weighted by Gasteiger charge is -2.39. The number of methoxy groups -OCH3 is 1. The van der Waals surface area contributed by atoms with E-state index in [1.165, 1.54) is 18.4 Å². The van der Waals surface area contributed by atoms with Crippen LogP contribution in [-0.2, 0) is 22.5 Å². The zero-order chi connectivity index (χ0) is 26.1. The number of thiazole rings is 1. The number of rotatable bonds is 6. The summed E-state index contributed by atoms with van der Waals surface area (Å²) in [5, 5.41) is 7.52. The van der Waals surface area contributed by atoms with Gasteiger partial charge in [0, 0.05) is 55.5 Å². The summed E-state index contributed by atoms with van der Waals surface area (Å²) in [6.07, 6.45) is 1.33. The predicted molar refractivity (Wildman–Crippen MR) is 141 cm³/mol. The molecule has 11 heteroatoms. The number of nitrogens with one attached hydrogen (secondary N) is 3. The minimum absolute atomic E-state index is 0.0289. The van der Waals surface area contributed by atoms with Crippen LogP contribution in [0.1, 0.15) is 42.8 Å². The molecule has 0 aliphatic carbocycles. The second kappa shape index (κ2) is 10.6. The van der Waals surface area contributed by atoms with Crippen molar-refractivity contribution in [1.82, 2.24) is 30.4 Å². The zero-order valence-corrected chi connectivity index (χ0v) is 22.1. The van der Waals surface area contributed by atoms with Gasteiger partial charge in [-0.3, -0.25) is 14.4 Å². The number of aromatic nitrogens is 2. The Morgan fingerprint density at radius 1 is 1.16 bits per heavy atom. The second-order valence-corrected chi connectivity index (χ2v) is 11.0. The Kier molecular flexibility index (Phi) is 7.27. The Labute approximate surface area is 219 Å². The summed E-state index contributed by atoms with van der Waals surface area (Å²) in [7, 11) is 3.53. The molecular formula is C26H32N6O4S. The topological polar surface area (TPSA) is 120 Å². The van der Waals surface area contributed by atoms with Gasteiger partial charge >= 0.3 is 0 Å². The number of likely N-dealkylation sites (tertiary alicyclic amines) is 1. The van der Waals surface area contributed by atoms with Gasteiger partial charge in [0.15, 0.2) is 5.01 Å². The van der Waals surface area contributed by atoms with Crippen molar-refractivity contribution in [3.8, 4) is 0 Å². The van der Waals surface area contributed by atoms with Crippen molar-refractivity contribution in [3.63, 3.8) is 0 Å². The summed E-state index contributed by atoms with van der Waals surface area (Å²) >= 11 is 1.41. The number of ether oxygens (including phenoxy) is 1. The molecule has 3 amide bonds. The molecule has 0 saturated carbocycles. The fourth-order valence-corrected chi connectivity index (χ4v) is 6.07. The van der Waals surface area contributed by atoms with Crippen LogP contribution < -0.4 is 10.6 Å². The number of likely N-dealkylation sites (N-methyl/N-ethyl adjacent to an activating group) is 1. The third kappa shape index (κ3) is 5.53. The van der Waals surface area contributed by atoms with Crippen molar-refractivity contribution >= 4 is 40.0 Å². The second-order valence-electron chi connectivity index (χ2n) is 9.87. The number of nitrogens with zero attached hydrogens (tertiary/aromatic N) is 3. The SMILES string of the molecule is COCC(=O)N1CC[C@@H](NC(=O)c2cc3cc(C)ccc3[nH]2)[C@H](NC(=O)c2nc3c(s2)CN(C)CC3)C1. The molecule has 2 atom stereocenters. The summed E-state index contributed by atoms with van der Waals surface area (Å²) in [5.74, 6) is -0.679. The number of aromatic amines is 1. The van der Waals surface area contributed by atoms with Crippen molar-refractivity contribution in [2.75, 3.05) is 40.4 Å². The largest absolute Gasteiger partial charge is 0.375 e. The van der Waals surface area contributed by atoms with Gasteiger partial charge in [-0.2, -0.15) is 0 Å². The molecule has 0 spiro atoms. The molecule has 3 aromatic rings. The number of carbonyl (C=O) groups is 3. The van der Waals surface area contributed by atoms with E-state index < -0.39 is 6.04 Å². The first-order valence-corrected chi connectivity index (χ1v) is 13.3. The number of aryl methyl sites for hydroxylation is 1. The Balaban J connectivity index is 1.33. The van der Waals surface area contributed by atoms with Crippen molar-refractivity contribution in [2.45, 2.75) is 38.4 Å². The quantitative estimate of drug-likeness (QED) is 0.452. The average molecular weight is 525 g/mol. The van der Waals surface area contributed by atoms with Crippen molar-refractivity contribution in [1.29, 1.82) is 0 Å². The van der Waals surface area contributed by atoms with Gasteiger partial charge in [0.05, 0.1) is 17.8 Å². The molecule has 4 heterocycles. The number of benzene rings is 1. The van der Waals surface area contributed by atoms with E-state index in [-0.39, 0.29) is 36.9 Å². The lowest BCUT2D eigenvalue weighted by atomic mass is 9.98. The molecule has 3 N–H and O–H groups in total. The van der Waals surface area contributed by atoms with Gasteiger partial charge in [0.25, 0.3) is 11.8 Å². The molecular weight excluding hydrogens is 492 g/mol. The van der Waals surface area contributed by atoms with Crippen LogP contribution >= 0.6 is 11.3 Å². The van der Waals surface area contributed by atoms with Crippen LogP contribution in [0.4, 0.5) is 0 Å². The molecule has 5 rings (SSSR count). The van der Waals surface area contributed by atoms with Crippen LogP contribution in [0.15, 0.2) is 24.3 Å². The highest BCUT2D eigenvalue weighted by atomic mass is 32.1. The van der Waals surface area contributed by atoms with Crippen molar-refractivity contribution in [2.24, 2.45) is 0 Å². The monoisotopic (exact) mass is 524 g/mol. The maximum Gasteiger partial charge on any atom is 0.280 e. The molecule has 196 valence electrons. The fourth-order valence-electron chi connectivity index (χ4n) is 4.98. The summed E-state index contributed by atoms with van der Waals surface area (Å²) in [6, 6.07) is 6.98. The summed E-state index contributed by atoms with van der Waals surface area (Å²) in [6.45, 7) is 4.42. The van der Waals surface area contributed by atoms with E-state index in [1.807, 2.05) is 31.2 Å². The number of hydrogen-bond donors (Lipinski definition) is 3. The first kappa shape index (κ1) is 25.4. The van der Waals surface area contributed by atoms with Crippen LogP contribution in [0, 0.1) is 6.92 Å². The van der Waals surface area contributed by atoms with E-state index in [4.69, 9.17) is 4.74 Å². The van der Waals surface area contributed by atoms with Crippen molar-refractivity contribution < 1.29 is 19.1 Å². The zero-order valence-electron chi connectivity index (χ0n) is 21.3. The lowest BCUT2D eigenvalue weighted by molar-refractivity contribution is -0.136. The van der Waals surface area contributed by atoms with Gasteiger partial charge in [0.1, 0.15) is 12.3 Å². The van der Waals surface area contributed by atoms with E-state index >= 15 is 0 Å². The average Bonchev–Trinajstić information content (AvgIpc) is 3.49. The van der Waals surface area contributed by atoms with E-state index in [0.29, 0.717) is 23.7 Å². The standard InChI is InChI=1S/C26H32N6O4S/c1-15-4-5-17-16(10-15)11-20(27-17)24(34)28-18-7-9-32(23(33)14-36-3)12-21(18)29-25(35)26-30-19-6-8-31(2)13-22(19)37-26/h4-5,10-11,18,21,27H,6-9,12-14H2,1-3H3,(H,28,34)(H,29,35)/t18-,21-/m1/s1. The van der Waals surface area contributed by atoms with Crippen LogP contribution in [0.25, 0.3) is 10.9 Å². The molecule has 0 bridgehead atoms. The number of hydrogen-bond acceptors (Lipinski definition) is 7. The van der Waals surface area contributed by atoms with Crippen LogP contribution in [0.3, 0.4) is 0 Å². The van der Waals surface area contributed by atoms with Crippen LogP contribution in [-0.4, -0.2) is 90.0 Å². The molecule has 0 radical (unpaired) electrons. The Hall–Kier alpha value is -3.28. The molecule has 37 heavy (non-hydrogen) atoms. The molecule has 10 nitrogen and oxygen atoms in total. The Morgan fingerprint density at radius 2 is 1.97 bits per heavy atom. The van der Waals surface area contributed by atoms with Gasteiger partial charge in [-0.15, -0.1) is 11.3 Å². The van der Waals surface area contributed by atoms with Gasteiger partial charge in [-0.25, -0.2) is 4.98 Å². The molecule has 1 saturated heterocycles. The lowest BCUT2D eigenvalue weighted by Crippen LogP contribution is -2.61. The predicted octanol–water partition coefficient (Wildman–Crippen LogP) is 1.70. The molecule has 1 aromatic carbocycles. The maximum atomic E-state index is 13.2. The van der Waals surface area contributed by atoms with E-state index in [1.54, 1.807) is 4.90 Å². The highest BCUT2D eigenvalue weighted by Crippen LogP contribution is 2.25. The summed E-state index contributed by atoms with van der Waals surface area (Å²) < 4.78 is 5.02. The smallest absolute Gasteiger partial charge is 0.280 e. The Morgan fingerprint density at radius 3 is 2.78 bits per heavy atom. The third-order valence-corrected chi connectivity index (χ3v) is 8.08. The molecule has 2 aliphatic heterocycles. The van der Waals surface area contributed by atoms with E-state index in [2.05, 4.69) is 32.5 Å². The molecule has 2 aromatic heterocycles. The first-order chi connectivity index (χ1) is 17.8. The van der Waals surface area contributed by atoms with E-state index in [9.17, 15) is 14.4 Å². The number of piperidine rings is 1. The summed E-state index contributed by atoms with van der Waals surface area (Å²) in [4.78, 5) is 51.7. The number of H-pyrrole nitrogens is 1. The highest BCUT2D eigenvalue weighted by molar-refractivity contribution is 7.13. The minimum Gasteiger partial charge on any atom is -0.375 e. The Bertz CT molecular complexity index is 1330. The number of fused-ring (bicyclic) bond motifs is 2.